The summed E-state index contributed by atoms with van der Waals surface area (Å²) in [5.41, 5.74) is 0.690. The average Bonchev–Trinajstić information content (AvgIpc) is 2.47. The number of thioether (sulfide) groups is 1. The van der Waals surface area contributed by atoms with E-state index in [4.69, 9.17) is 35.4 Å². The molecule has 1 amide bonds. The molecular formula is C13H17Cl2N3OS2. The molecule has 0 fully saturated rings. The van der Waals surface area contributed by atoms with Crippen LogP contribution in [0.4, 0.5) is 5.82 Å². The molecule has 8 heteroatoms. The van der Waals surface area contributed by atoms with E-state index in [1.54, 1.807) is 6.92 Å². The molecule has 0 spiro atoms. The lowest BCUT2D eigenvalue weighted by Crippen LogP contribution is -2.28. The van der Waals surface area contributed by atoms with Gasteiger partial charge in [0.2, 0.25) is 5.91 Å². The molecule has 1 aromatic rings. The van der Waals surface area contributed by atoms with Gasteiger partial charge < -0.3 is 10.2 Å². The number of carbonyl (C=O) groups excluding carboxylic acids is 1. The summed E-state index contributed by atoms with van der Waals surface area (Å²) in [6, 6.07) is 0. The number of amides is 1. The van der Waals surface area contributed by atoms with Gasteiger partial charge in [-0.1, -0.05) is 47.2 Å². The third-order valence-corrected chi connectivity index (χ3v) is 5.18. The highest BCUT2D eigenvalue weighted by Gasteiger charge is 2.13. The van der Waals surface area contributed by atoms with Crippen LogP contribution in [0.15, 0.2) is 6.20 Å². The number of aromatic nitrogens is 1. The summed E-state index contributed by atoms with van der Waals surface area (Å²) in [5.74, 6) is 0.332. The Kier molecular flexibility index (Phi) is 7.73. The van der Waals surface area contributed by atoms with Crippen LogP contribution in [0.2, 0.25) is 10.0 Å². The first-order valence-corrected chi connectivity index (χ1v) is 8.57. The van der Waals surface area contributed by atoms with Crippen molar-refractivity contribution in [3.8, 4) is 0 Å². The van der Waals surface area contributed by atoms with Crippen molar-refractivity contribution in [1.29, 1.82) is 0 Å². The predicted octanol–water partition coefficient (Wildman–Crippen LogP) is 4.00. The Hall–Kier alpha value is -0.560. The highest BCUT2D eigenvalue weighted by Crippen LogP contribution is 2.28. The molecule has 0 aliphatic rings. The first-order valence-electron chi connectivity index (χ1n) is 6.42. The zero-order valence-corrected chi connectivity index (χ0v) is 15.2. The van der Waals surface area contributed by atoms with Gasteiger partial charge in [-0.3, -0.25) is 4.79 Å². The molecule has 4 nitrogen and oxygen atoms in total. The van der Waals surface area contributed by atoms with E-state index >= 15 is 0 Å². The van der Waals surface area contributed by atoms with Gasteiger partial charge in [0.1, 0.15) is 4.32 Å². The van der Waals surface area contributed by atoms with Crippen molar-refractivity contribution in [3.63, 3.8) is 0 Å². The Morgan fingerprint density at radius 3 is 2.62 bits per heavy atom. The third-order valence-electron chi connectivity index (χ3n) is 2.81. The van der Waals surface area contributed by atoms with Crippen molar-refractivity contribution in [2.45, 2.75) is 20.8 Å². The molecule has 21 heavy (non-hydrogen) atoms. The minimum Gasteiger partial charge on any atom is -0.358 e. The molecule has 0 radical (unpaired) electrons. The van der Waals surface area contributed by atoms with Gasteiger partial charge in [0, 0.05) is 19.3 Å². The highest BCUT2D eigenvalue weighted by molar-refractivity contribution is 8.23. The normalized spacial score (nSPS) is 10.3. The molecule has 0 aromatic carbocycles. The Bertz CT molecular complexity index is 536. The van der Waals surface area contributed by atoms with Gasteiger partial charge in [-0.05, 0) is 26.3 Å². The van der Waals surface area contributed by atoms with Gasteiger partial charge >= 0.3 is 0 Å². The molecule has 0 saturated carbocycles. The number of thiocarbonyl (C=S) groups is 1. The zero-order chi connectivity index (χ0) is 16.0. The van der Waals surface area contributed by atoms with E-state index in [0.717, 1.165) is 13.1 Å². The van der Waals surface area contributed by atoms with Gasteiger partial charge in [-0.2, -0.15) is 0 Å². The monoisotopic (exact) mass is 365 g/mol. The van der Waals surface area contributed by atoms with Gasteiger partial charge in [0.15, 0.2) is 5.82 Å². The van der Waals surface area contributed by atoms with E-state index in [0.29, 0.717) is 25.7 Å². The number of nitrogens with one attached hydrogen (secondary N) is 1. The molecule has 1 N–H and O–H groups in total. The van der Waals surface area contributed by atoms with E-state index in [9.17, 15) is 4.79 Å². The second-order valence-corrected chi connectivity index (χ2v) is 6.56. The molecule has 0 unspecified atom stereocenters. The molecule has 0 saturated heterocycles. The predicted molar refractivity (Wildman–Crippen MR) is 95.6 cm³/mol. The number of nitrogens with zero attached hydrogens (tertiary/aromatic N) is 2. The molecular weight excluding hydrogens is 349 g/mol. The Labute approximate surface area is 144 Å². The standard InChI is InChI=1S/C13H17Cl2N3OS2/c1-4-18(5-2)13(20)21-7-10(19)17-12-11(15)8(3)9(14)6-16-12/h6H,4-5,7H2,1-3H3,(H,16,17,19). The number of hydrogen-bond acceptors (Lipinski definition) is 4. The highest BCUT2D eigenvalue weighted by atomic mass is 35.5. The SMILES string of the molecule is CCN(CC)C(=S)SCC(=O)Nc1ncc(Cl)c(C)c1Cl. The lowest BCUT2D eigenvalue weighted by Gasteiger charge is -2.20. The Morgan fingerprint density at radius 1 is 1.43 bits per heavy atom. The maximum atomic E-state index is 11.9. The summed E-state index contributed by atoms with van der Waals surface area (Å²) in [6.45, 7) is 7.47. The van der Waals surface area contributed by atoms with E-state index in [1.807, 2.05) is 18.7 Å². The van der Waals surface area contributed by atoms with Crippen molar-refractivity contribution >= 4 is 63.2 Å². The molecule has 1 heterocycles. The average molecular weight is 366 g/mol. The minimum absolute atomic E-state index is 0.203. The fourth-order valence-electron chi connectivity index (χ4n) is 1.51. The Morgan fingerprint density at radius 2 is 2.05 bits per heavy atom. The maximum absolute atomic E-state index is 11.9. The van der Waals surface area contributed by atoms with Crippen LogP contribution in [0.25, 0.3) is 0 Å². The third kappa shape index (κ3) is 5.29. The topological polar surface area (TPSA) is 45.2 Å². The van der Waals surface area contributed by atoms with Gasteiger partial charge in [-0.25, -0.2) is 4.98 Å². The molecule has 1 rings (SSSR count). The summed E-state index contributed by atoms with van der Waals surface area (Å²) in [4.78, 5) is 18.0. The molecule has 0 aliphatic heterocycles. The number of carbonyl (C=O) groups is 1. The number of anilines is 1. The number of halogens is 2. The summed E-state index contributed by atoms with van der Waals surface area (Å²) in [5, 5.41) is 3.49. The summed E-state index contributed by atoms with van der Waals surface area (Å²) in [6.07, 6.45) is 1.46. The van der Waals surface area contributed by atoms with Crippen LogP contribution in [0.5, 0.6) is 0 Å². The van der Waals surface area contributed by atoms with Crippen molar-refractivity contribution in [2.75, 3.05) is 24.2 Å². The van der Waals surface area contributed by atoms with Crippen LogP contribution in [0, 0.1) is 6.92 Å². The molecule has 116 valence electrons. The van der Waals surface area contributed by atoms with Crippen molar-refractivity contribution in [1.82, 2.24) is 9.88 Å². The van der Waals surface area contributed by atoms with E-state index in [-0.39, 0.29) is 11.7 Å². The fraction of sp³-hybridized carbons (Fsp3) is 0.462. The number of rotatable bonds is 5. The molecule has 0 aliphatic carbocycles. The van der Waals surface area contributed by atoms with Crippen molar-refractivity contribution < 1.29 is 4.79 Å². The van der Waals surface area contributed by atoms with Crippen LogP contribution in [0.3, 0.4) is 0 Å². The Balaban J connectivity index is 2.59. The quantitative estimate of drug-likeness (QED) is 0.799. The van der Waals surface area contributed by atoms with Crippen LogP contribution >= 0.6 is 47.2 Å². The van der Waals surface area contributed by atoms with E-state index < -0.39 is 0 Å². The summed E-state index contributed by atoms with van der Waals surface area (Å²) < 4.78 is 0.710. The maximum Gasteiger partial charge on any atom is 0.236 e. The lowest BCUT2D eigenvalue weighted by atomic mass is 10.3. The molecule has 0 atom stereocenters. The van der Waals surface area contributed by atoms with Gasteiger partial charge in [0.05, 0.1) is 15.8 Å². The smallest absolute Gasteiger partial charge is 0.236 e. The van der Waals surface area contributed by atoms with Gasteiger partial charge in [-0.15, -0.1) is 0 Å². The first-order chi connectivity index (χ1) is 9.90. The van der Waals surface area contributed by atoms with Gasteiger partial charge in [0.25, 0.3) is 0 Å². The first kappa shape index (κ1) is 18.5. The van der Waals surface area contributed by atoms with E-state index in [1.165, 1.54) is 18.0 Å². The molecule has 0 bridgehead atoms. The fourth-order valence-corrected chi connectivity index (χ4v) is 3.10. The van der Waals surface area contributed by atoms with Crippen LogP contribution in [-0.4, -0.2) is 39.0 Å². The van der Waals surface area contributed by atoms with Crippen LogP contribution in [-0.2, 0) is 4.79 Å². The van der Waals surface area contributed by atoms with Crippen LogP contribution in [0.1, 0.15) is 19.4 Å². The minimum atomic E-state index is -0.203. The zero-order valence-electron chi connectivity index (χ0n) is 12.1. The van der Waals surface area contributed by atoms with Crippen molar-refractivity contribution in [3.05, 3.63) is 21.8 Å². The number of pyridine rings is 1. The lowest BCUT2D eigenvalue weighted by molar-refractivity contribution is -0.113. The van der Waals surface area contributed by atoms with E-state index in [2.05, 4.69) is 10.3 Å². The van der Waals surface area contributed by atoms with Crippen LogP contribution < -0.4 is 5.32 Å². The second-order valence-electron chi connectivity index (χ2n) is 4.17. The summed E-state index contributed by atoms with van der Waals surface area (Å²) in [7, 11) is 0. The summed E-state index contributed by atoms with van der Waals surface area (Å²) >= 11 is 18.6. The number of hydrogen-bond donors (Lipinski definition) is 1. The van der Waals surface area contributed by atoms with Crippen molar-refractivity contribution in [2.24, 2.45) is 0 Å². The molecule has 1 aromatic heterocycles. The second kappa shape index (κ2) is 8.78. The largest absolute Gasteiger partial charge is 0.358 e.